The van der Waals surface area contributed by atoms with Crippen molar-refractivity contribution >= 4 is 11.6 Å². The van der Waals surface area contributed by atoms with Crippen LogP contribution in [-0.2, 0) is 17.5 Å². The zero-order valence-corrected chi connectivity index (χ0v) is 13.8. The quantitative estimate of drug-likeness (QED) is 0.909. The lowest BCUT2D eigenvalue weighted by Crippen LogP contribution is -2.41. The van der Waals surface area contributed by atoms with Crippen LogP contribution in [0, 0.1) is 0 Å². The number of fused-ring (bicyclic) bond motifs is 1. The highest BCUT2D eigenvalue weighted by molar-refractivity contribution is 5.85. The van der Waals surface area contributed by atoms with Gasteiger partial charge < -0.3 is 10.6 Å². The number of halogens is 3. The fraction of sp³-hybridized carbons (Fsp3) is 0.316. The summed E-state index contributed by atoms with van der Waals surface area (Å²) >= 11 is 0. The van der Waals surface area contributed by atoms with Gasteiger partial charge in [-0.1, -0.05) is 36.4 Å². The highest BCUT2D eigenvalue weighted by atomic mass is 19.4. The SMILES string of the molecule is C[C@H]1C[C@@H](C(N)=O)c2ccccc2N1Cc1ccccc1C(F)(F)F. The first kappa shape index (κ1) is 17.3. The molecule has 3 nitrogen and oxygen atoms in total. The third-order valence-electron chi connectivity index (χ3n) is 4.74. The zero-order chi connectivity index (χ0) is 18.2. The van der Waals surface area contributed by atoms with Crippen molar-refractivity contribution in [1.82, 2.24) is 0 Å². The Kier molecular flexibility index (Phi) is 4.45. The first-order valence-electron chi connectivity index (χ1n) is 8.09. The van der Waals surface area contributed by atoms with E-state index in [2.05, 4.69) is 0 Å². The van der Waals surface area contributed by atoms with E-state index in [1.165, 1.54) is 12.1 Å². The van der Waals surface area contributed by atoms with Crippen molar-refractivity contribution in [2.45, 2.75) is 38.0 Å². The van der Waals surface area contributed by atoms with E-state index in [4.69, 9.17) is 5.73 Å². The summed E-state index contributed by atoms with van der Waals surface area (Å²) in [6.45, 7) is 2.03. The van der Waals surface area contributed by atoms with E-state index < -0.39 is 23.6 Å². The number of nitrogens with two attached hydrogens (primary N) is 1. The standard InChI is InChI=1S/C19H19F3N2O/c1-12-10-15(18(23)25)14-7-3-5-9-17(14)24(12)11-13-6-2-4-8-16(13)19(20,21)22/h2-9,12,15H,10-11H2,1H3,(H2,23,25)/t12-,15+/m0/s1. The van der Waals surface area contributed by atoms with Gasteiger partial charge >= 0.3 is 6.18 Å². The molecule has 0 saturated carbocycles. The molecule has 0 fully saturated rings. The van der Waals surface area contributed by atoms with E-state index in [0.717, 1.165) is 17.3 Å². The Morgan fingerprint density at radius 2 is 1.80 bits per heavy atom. The summed E-state index contributed by atoms with van der Waals surface area (Å²) in [5, 5.41) is 0. The Labute approximate surface area is 144 Å². The highest BCUT2D eigenvalue weighted by Crippen LogP contribution is 2.40. The minimum absolute atomic E-state index is 0.103. The molecule has 3 rings (SSSR count). The van der Waals surface area contributed by atoms with Crippen LogP contribution in [0.3, 0.4) is 0 Å². The second-order valence-corrected chi connectivity index (χ2v) is 6.38. The van der Waals surface area contributed by atoms with Gasteiger partial charge in [0.25, 0.3) is 0 Å². The monoisotopic (exact) mass is 348 g/mol. The average molecular weight is 348 g/mol. The Morgan fingerprint density at radius 3 is 2.48 bits per heavy atom. The largest absolute Gasteiger partial charge is 0.416 e. The molecule has 2 atom stereocenters. The summed E-state index contributed by atoms with van der Waals surface area (Å²) in [5.41, 5.74) is 6.65. The van der Waals surface area contributed by atoms with E-state index in [0.29, 0.717) is 6.42 Å². The van der Waals surface area contributed by atoms with Crippen LogP contribution >= 0.6 is 0 Å². The van der Waals surface area contributed by atoms with Crippen molar-refractivity contribution in [3.63, 3.8) is 0 Å². The van der Waals surface area contributed by atoms with Crippen molar-refractivity contribution in [2.75, 3.05) is 4.90 Å². The van der Waals surface area contributed by atoms with E-state index in [9.17, 15) is 18.0 Å². The number of hydrogen-bond donors (Lipinski definition) is 1. The molecule has 0 spiro atoms. The second-order valence-electron chi connectivity index (χ2n) is 6.38. The number of nitrogens with zero attached hydrogens (tertiary/aromatic N) is 1. The van der Waals surface area contributed by atoms with E-state index >= 15 is 0 Å². The van der Waals surface area contributed by atoms with Gasteiger partial charge in [0.05, 0.1) is 11.5 Å². The number of carbonyl (C=O) groups is 1. The maximum absolute atomic E-state index is 13.3. The van der Waals surface area contributed by atoms with Gasteiger partial charge in [-0.15, -0.1) is 0 Å². The molecule has 0 bridgehead atoms. The number of amides is 1. The summed E-state index contributed by atoms with van der Waals surface area (Å²) in [6, 6.07) is 12.8. The molecule has 132 valence electrons. The molecule has 0 radical (unpaired) electrons. The number of hydrogen-bond acceptors (Lipinski definition) is 2. The van der Waals surface area contributed by atoms with E-state index in [-0.39, 0.29) is 18.2 Å². The number of para-hydroxylation sites is 1. The van der Waals surface area contributed by atoms with Crippen molar-refractivity contribution in [2.24, 2.45) is 5.73 Å². The lowest BCUT2D eigenvalue weighted by Gasteiger charge is -2.40. The number of benzene rings is 2. The predicted molar refractivity (Wildman–Crippen MR) is 90.1 cm³/mol. The van der Waals surface area contributed by atoms with Crippen molar-refractivity contribution in [1.29, 1.82) is 0 Å². The van der Waals surface area contributed by atoms with E-state index in [1.54, 1.807) is 6.07 Å². The minimum Gasteiger partial charge on any atom is -0.369 e. The van der Waals surface area contributed by atoms with Gasteiger partial charge in [-0.2, -0.15) is 13.2 Å². The summed E-state index contributed by atoms with van der Waals surface area (Å²) in [7, 11) is 0. The Hall–Kier alpha value is -2.50. The number of carbonyl (C=O) groups excluding carboxylic acids is 1. The van der Waals surface area contributed by atoms with Gasteiger partial charge in [-0.3, -0.25) is 4.79 Å². The van der Waals surface area contributed by atoms with E-state index in [1.807, 2.05) is 36.1 Å². The van der Waals surface area contributed by atoms with Crippen molar-refractivity contribution < 1.29 is 18.0 Å². The van der Waals surface area contributed by atoms with Gasteiger partial charge in [0, 0.05) is 18.3 Å². The zero-order valence-electron chi connectivity index (χ0n) is 13.8. The molecular formula is C19H19F3N2O. The molecule has 2 N–H and O–H groups in total. The molecule has 6 heteroatoms. The van der Waals surface area contributed by atoms with Gasteiger partial charge in [0.1, 0.15) is 0 Å². The molecule has 1 aliphatic heterocycles. The smallest absolute Gasteiger partial charge is 0.369 e. The molecule has 2 aromatic carbocycles. The van der Waals surface area contributed by atoms with Gasteiger partial charge in [-0.25, -0.2) is 0 Å². The topological polar surface area (TPSA) is 46.3 Å². The molecule has 0 aliphatic carbocycles. The first-order chi connectivity index (χ1) is 11.8. The van der Waals surface area contributed by atoms with Crippen LogP contribution in [0.15, 0.2) is 48.5 Å². The maximum Gasteiger partial charge on any atom is 0.416 e. The summed E-state index contributed by atoms with van der Waals surface area (Å²) in [5.74, 6) is -0.824. The molecule has 0 saturated heterocycles. The molecule has 25 heavy (non-hydrogen) atoms. The van der Waals surface area contributed by atoms with Crippen LogP contribution in [0.2, 0.25) is 0 Å². The van der Waals surface area contributed by atoms with Crippen molar-refractivity contribution in [3.05, 3.63) is 65.2 Å². The van der Waals surface area contributed by atoms with Gasteiger partial charge in [0.2, 0.25) is 5.91 Å². The number of rotatable bonds is 3. The minimum atomic E-state index is -4.40. The third kappa shape index (κ3) is 3.34. The molecule has 1 aliphatic rings. The van der Waals surface area contributed by atoms with Gasteiger partial charge in [0.15, 0.2) is 0 Å². The average Bonchev–Trinajstić information content (AvgIpc) is 2.56. The normalized spacial score (nSPS) is 20.2. The molecule has 0 unspecified atom stereocenters. The van der Waals surface area contributed by atoms with Crippen LogP contribution in [0.4, 0.5) is 18.9 Å². The first-order valence-corrected chi connectivity index (χ1v) is 8.09. The molecular weight excluding hydrogens is 329 g/mol. The highest BCUT2D eigenvalue weighted by Gasteiger charge is 2.36. The Morgan fingerprint density at radius 1 is 1.16 bits per heavy atom. The summed E-state index contributed by atoms with van der Waals surface area (Å²) in [6.07, 6.45) is -3.91. The predicted octanol–water partition coefficient (Wildman–Crippen LogP) is 4.07. The summed E-state index contributed by atoms with van der Waals surface area (Å²) in [4.78, 5) is 13.7. The van der Waals surface area contributed by atoms with Crippen LogP contribution in [0.25, 0.3) is 0 Å². The number of anilines is 1. The second kappa shape index (κ2) is 6.43. The lowest BCUT2D eigenvalue weighted by molar-refractivity contribution is -0.138. The summed E-state index contributed by atoms with van der Waals surface area (Å²) < 4.78 is 39.9. The van der Waals surface area contributed by atoms with Crippen molar-refractivity contribution in [3.8, 4) is 0 Å². The fourth-order valence-electron chi connectivity index (χ4n) is 3.51. The maximum atomic E-state index is 13.3. The Bertz CT molecular complexity index is 788. The fourth-order valence-corrected chi connectivity index (χ4v) is 3.51. The molecule has 0 aromatic heterocycles. The number of primary amides is 1. The van der Waals surface area contributed by atoms with Crippen LogP contribution < -0.4 is 10.6 Å². The molecule has 1 amide bonds. The molecule has 1 heterocycles. The number of alkyl halides is 3. The Balaban J connectivity index is 2.01. The van der Waals surface area contributed by atoms with Crippen LogP contribution in [0.1, 0.15) is 36.0 Å². The van der Waals surface area contributed by atoms with Crippen LogP contribution in [-0.4, -0.2) is 11.9 Å². The molecule has 2 aromatic rings. The van der Waals surface area contributed by atoms with Gasteiger partial charge in [-0.05, 0) is 36.6 Å². The lowest BCUT2D eigenvalue weighted by atomic mass is 9.85. The third-order valence-corrected chi connectivity index (χ3v) is 4.74. The van der Waals surface area contributed by atoms with Crippen LogP contribution in [0.5, 0.6) is 0 Å².